The number of thiol groups is 1. The molecule has 1 rings (SSSR count). The smallest absolute Gasteiger partial charge is 0.146 e. The van der Waals surface area contributed by atoms with Gasteiger partial charge in [0.05, 0.1) is 6.10 Å². The van der Waals surface area contributed by atoms with Gasteiger partial charge < -0.3 is 10.2 Å². The summed E-state index contributed by atoms with van der Waals surface area (Å²) in [6, 6.07) is 5.07. The third kappa shape index (κ3) is 2.93. The van der Waals surface area contributed by atoms with Gasteiger partial charge >= 0.3 is 0 Å². The summed E-state index contributed by atoms with van der Waals surface area (Å²) in [7, 11) is 0. The fourth-order valence-electron chi connectivity index (χ4n) is 1.25. The maximum Gasteiger partial charge on any atom is 0.146 e. The van der Waals surface area contributed by atoms with Crippen LogP contribution in [0.3, 0.4) is 0 Å². The van der Waals surface area contributed by atoms with Crippen molar-refractivity contribution in [3.05, 3.63) is 29.6 Å². The molecule has 0 fully saturated rings. The molecule has 0 saturated carbocycles. The number of hydrogen-bond donors (Lipinski definition) is 3. The molecule has 2 N–H and O–H groups in total. The first kappa shape index (κ1) is 12.0. The van der Waals surface area contributed by atoms with Gasteiger partial charge in [0, 0.05) is 11.8 Å². The van der Waals surface area contributed by atoms with E-state index in [0.29, 0.717) is 17.7 Å². The Morgan fingerprint density at radius 2 is 2.27 bits per heavy atom. The first-order valence-corrected chi connectivity index (χ1v) is 5.16. The lowest BCUT2D eigenvalue weighted by atomic mass is 10.0. The van der Waals surface area contributed by atoms with E-state index in [0.717, 1.165) is 0 Å². The van der Waals surface area contributed by atoms with E-state index in [2.05, 4.69) is 17.6 Å². The number of aliphatic hydroxyl groups is 2. The highest BCUT2D eigenvalue weighted by Crippen LogP contribution is 2.21. The molecule has 0 saturated heterocycles. The second kappa shape index (κ2) is 5.71. The van der Waals surface area contributed by atoms with Crippen LogP contribution in [0.5, 0.6) is 0 Å². The number of aromatic nitrogens is 1. The molecule has 0 bridgehead atoms. The molecule has 4 nitrogen and oxygen atoms in total. The third-order valence-electron chi connectivity index (χ3n) is 2.05. The second-order valence-electron chi connectivity index (χ2n) is 3.08. The number of rotatable bonds is 4. The van der Waals surface area contributed by atoms with E-state index in [1.165, 1.54) is 6.20 Å². The minimum Gasteiger partial charge on any atom is -0.390 e. The van der Waals surface area contributed by atoms with Gasteiger partial charge in [-0.15, -0.1) is 0 Å². The molecule has 0 spiro atoms. The lowest BCUT2D eigenvalue weighted by Gasteiger charge is -2.17. The maximum atomic E-state index is 9.76. The van der Waals surface area contributed by atoms with Crippen LogP contribution in [0.2, 0.25) is 0 Å². The molecule has 2 atom stereocenters. The van der Waals surface area contributed by atoms with Gasteiger partial charge in [0.15, 0.2) is 0 Å². The van der Waals surface area contributed by atoms with Crippen LogP contribution in [0, 0.1) is 11.3 Å². The minimum atomic E-state index is -1.08. The molecule has 15 heavy (non-hydrogen) atoms. The van der Waals surface area contributed by atoms with E-state index in [-0.39, 0.29) is 5.69 Å². The van der Waals surface area contributed by atoms with Crippen LogP contribution in [-0.4, -0.2) is 27.1 Å². The Hall–Kier alpha value is -1.09. The van der Waals surface area contributed by atoms with Crippen molar-refractivity contribution in [2.45, 2.75) is 18.6 Å². The van der Waals surface area contributed by atoms with Crippen molar-refractivity contribution in [2.75, 3.05) is 5.75 Å². The summed E-state index contributed by atoms with van der Waals surface area (Å²) in [5, 5.41) is 28.1. The summed E-state index contributed by atoms with van der Waals surface area (Å²) in [5.74, 6) is 0.473. The highest BCUT2D eigenvalue weighted by atomic mass is 32.1. The average molecular weight is 224 g/mol. The van der Waals surface area contributed by atoms with E-state index in [1.807, 2.05) is 6.07 Å². The molecule has 1 aromatic rings. The fraction of sp³-hybridized carbons (Fsp3) is 0.400. The third-order valence-corrected chi connectivity index (χ3v) is 2.31. The van der Waals surface area contributed by atoms with Crippen LogP contribution < -0.4 is 0 Å². The van der Waals surface area contributed by atoms with Gasteiger partial charge in [-0.2, -0.15) is 17.9 Å². The normalized spacial score (nSPS) is 14.3. The van der Waals surface area contributed by atoms with Gasteiger partial charge in [-0.1, -0.05) is 6.07 Å². The molecule has 0 aliphatic heterocycles. The van der Waals surface area contributed by atoms with Crippen LogP contribution in [0.1, 0.15) is 23.8 Å². The topological polar surface area (TPSA) is 77.1 Å². The van der Waals surface area contributed by atoms with Gasteiger partial charge in [-0.25, -0.2) is 4.98 Å². The van der Waals surface area contributed by atoms with Crippen LogP contribution in [-0.2, 0) is 0 Å². The van der Waals surface area contributed by atoms with Crippen LogP contribution in [0.4, 0.5) is 0 Å². The Kier molecular flexibility index (Phi) is 4.56. The van der Waals surface area contributed by atoms with Gasteiger partial charge in [0.25, 0.3) is 0 Å². The number of aliphatic hydroxyl groups excluding tert-OH is 2. The molecule has 80 valence electrons. The summed E-state index contributed by atoms with van der Waals surface area (Å²) >= 11 is 3.96. The van der Waals surface area contributed by atoms with Gasteiger partial charge in [-0.05, 0) is 18.2 Å². The summed E-state index contributed by atoms with van der Waals surface area (Å²) in [6.45, 7) is 0. The first-order valence-electron chi connectivity index (χ1n) is 4.52. The molecular formula is C10H12N2O2S. The molecule has 0 aliphatic carbocycles. The van der Waals surface area contributed by atoms with Crippen LogP contribution in [0.15, 0.2) is 18.3 Å². The molecule has 1 aromatic heterocycles. The maximum absolute atomic E-state index is 9.76. The number of hydrogen-bond acceptors (Lipinski definition) is 5. The summed E-state index contributed by atoms with van der Waals surface area (Å²) < 4.78 is 0. The Morgan fingerprint density at radius 3 is 2.87 bits per heavy atom. The summed E-state index contributed by atoms with van der Waals surface area (Å²) in [4.78, 5) is 3.81. The molecule has 0 radical (unpaired) electrons. The highest BCUT2D eigenvalue weighted by molar-refractivity contribution is 7.80. The Balaban J connectivity index is 2.91. The largest absolute Gasteiger partial charge is 0.390 e. The van der Waals surface area contributed by atoms with Crippen LogP contribution in [0.25, 0.3) is 0 Å². The van der Waals surface area contributed by atoms with E-state index >= 15 is 0 Å². The zero-order valence-electron chi connectivity index (χ0n) is 8.04. The average Bonchev–Trinajstić information content (AvgIpc) is 2.28. The molecule has 5 heteroatoms. The lowest BCUT2D eigenvalue weighted by molar-refractivity contribution is 0.0169. The van der Waals surface area contributed by atoms with E-state index in [1.54, 1.807) is 12.1 Å². The van der Waals surface area contributed by atoms with E-state index < -0.39 is 12.2 Å². The van der Waals surface area contributed by atoms with Gasteiger partial charge in [0.1, 0.15) is 17.9 Å². The van der Waals surface area contributed by atoms with Crippen molar-refractivity contribution in [1.82, 2.24) is 4.98 Å². The predicted octanol–water partition coefficient (Wildman–Crippen LogP) is 0.667. The number of nitriles is 1. The molecule has 2 unspecified atom stereocenters. The van der Waals surface area contributed by atoms with E-state index in [9.17, 15) is 10.2 Å². The van der Waals surface area contributed by atoms with Crippen molar-refractivity contribution in [1.29, 1.82) is 5.26 Å². The molecule has 1 heterocycles. The monoisotopic (exact) mass is 224 g/mol. The summed E-state index contributed by atoms with van der Waals surface area (Å²) in [6.07, 6.45) is -0.164. The van der Waals surface area contributed by atoms with Gasteiger partial charge in [-0.3, -0.25) is 0 Å². The standard InChI is InChI=1S/C10H12N2O2S/c11-6-8-7(2-1-4-12-8)10(14)9(13)3-5-15/h1-2,4,9-10,13-15H,3,5H2. The number of pyridine rings is 1. The summed E-state index contributed by atoms with van der Waals surface area (Å²) in [5.41, 5.74) is 0.498. The number of nitrogens with zero attached hydrogens (tertiary/aromatic N) is 2. The highest BCUT2D eigenvalue weighted by Gasteiger charge is 2.20. The second-order valence-corrected chi connectivity index (χ2v) is 3.52. The SMILES string of the molecule is N#Cc1ncccc1C(O)C(O)CCS. The van der Waals surface area contributed by atoms with Crippen molar-refractivity contribution < 1.29 is 10.2 Å². The molecule has 0 aromatic carbocycles. The van der Waals surface area contributed by atoms with Crippen molar-refractivity contribution >= 4 is 12.6 Å². The Labute approximate surface area is 93.6 Å². The zero-order valence-corrected chi connectivity index (χ0v) is 8.93. The zero-order chi connectivity index (χ0) is 11.3. The Bertz CT molecular complexity index is 365. The van der Waals surface area contributed by atoms with E-state index in [4.69, 9.17) is 5.26 Å². The van der Waals surface area contributed by atoms with Crippen LogP contribution >= 0.6 is 12.6 Å². The van der Waals surface area contributed by atoms with Crippen molar-refractivity contribution in [3.63, 3.8) is 0 Å². The molecular weight excluding hydrogens is 212 g/mol. The molecule has 0 aliphatic rings. The van der Waals surface area contributed by atoms with Crippen molar-refractivity contribution in [2.24, 2.45) is 0 Å². The first-order chi connectivity index (χ1) is 7.20. The lowest BCUT2D eigenvalue weighted by Crippen LogP contribution is -2.19. The Morgan fingerprint density at radius 1 is 1.53 bits per heavy atom. The predicted molar refractivity (Wildman–Crippen MR) is 58.4 cm³/mol. The van der Waals surface area contributed by atoms with Crippen molar-refractivity contribution in [3.8, 4) is 6.07 Å². The quantitative estimate of drug-likeness (QED) is 0.657. The minimum absolute atomic E-state index is 0.142. The fourth-order valence-corrected chi connectivity index (χ4v) is 1.51. The molecule has 0 amide bonds. The van der Waals surface area contributed by atoms with Gasteiger partial charge in [0.2, 0.25) is 0 Å².